The molecule has 12 aromatic rings. The molecule has 0 bridgehead atoms. The molecular weight excluding hydrogens is 864 g/mol. The molecule has 11 aromatic carbocycles. The van der Waals surface area contributed by atoms with Gasteiger partial charge in [0.2, 0.25) is 0 Å². The molecular formula is C66H43BN2O2. The Labute approximate surface area is 413 Å². The van der Waals surface area contributed by atoms with E-state index in [1.807, 2.05) is 18.2 Å². The van der Waals surface area contributed by atoms with Gasteiger partial charge in [-0.25, -0.2) is 0 Å². The van der Waals surface area contributed by atoms with Gasteiger partial charge in [0.25, 0.3) is 6.71 Å². The fourth-order valence-corrected chi connectivity index (χ4v) is 11.3. The summed E-state index contributed by atoms with van der Waals surface area (Å²) in [7, 11) is 0. The van der Waals surface area contributed by atoms with E-state index < -0.39 is 0 Å². The van der Waals surface area contributed by atoms with Crippen LogP contribution >= 0.6 is 0 Å². The van der Waals surface area contributed by atoms with Gasteiger partial charge < -0.3 is 19.0 Å². The minimum atomic E-state index is -0.103. The molecule has 0 aliphatic carbocycles. The summed E-state index contributed by atoms with van der Waals surface area (Å²) in [6.45, 7) is -0.103. The van der Waals surface area contributed by atoms with Crippen molar-refractivity contribution in [1.29, 1.82) is 0 Å². The number of ether oxygens (including phenoxy) is 1. The van der Waals surface area contributed by atoms with E-state index in [2.05, 4.69) is 252 Å². The van der Waals surface area contributed by atoms with E-state index in [9.17, 15) is 0 Å². The monoisotopic (exact) mass is 906 g/mol. The van der Waals surface area contributed by atoms with Crippen LogP contribution in [0.15, 0.2) is 265 Å². The van der Waals surface area contributed by atoms with Crippen LogP contribution < -0.4 is 30.9 Å². The molecule has 0 spiro atoms. The molecule has 2 aliphatic heterocycles. The average molecular weight is 907 g/mol. The number of hydrogen-bond acceptors (Lipinski definition) is 4. The Morgan fingerprint density at radius 2 is 0.718 bits per heavy atom. The third-order valence-electron chi connectivity index (χ3n) is 14.3. The maximum Gasteiger partial charge on any atom is 0.252 e. The van der Waals surface area contributed by atoms with Gasteiger partial charge in [0.1, 0.15) is 22.7 Å². The van der Waals surface area contributed by atoms with Crippen molar-refractivity contribution >= 4 is 79.2 Å². The number of anilines is 6. The Morgan fingerprint density at radius 1 is 0.310 bits per heavy atom. The number of furan rings is 1. The molecule has 4 nitrogen and oxygen atoms in total. The molecule has 0 unspecified atom stereocenters. The maximum absolute atomic E-state index is 7.24. The van der Waals surface area contributed by atoms with E-state index in [-0.39, 0.29) is 6.71 Å². The van der Waals surface area contributed by atoms with E-state index in [0.29, 0.717) is 11.5 Å². The quantitative estimate of drug-likeness (QED) is 0.142. The van der Waals surface area contributed by atoms with Crippen molar-refractivity contribution in [2.24, 2.45) is 0 Å². The van der Waals surface area contributed by atoms with Gasteiger partial charge in [0.05, 0.1) is 11.4 Å². The number of hydrogen-bond donors (Lipinski definition) is 0. The van der Waals surface area contributed by atoms with Crippen molar-refractivity contribution in [2.45, 2.75) is 0 Å². The van der Waals surface area contributed by atoms with E-state index in [1.54, 1.807) is 0 Å². The normalized spacial score (nSPS) is 12.4. The van der Waals surface area contributed by atoms with Crippen LogP contribution in [0.25, 0.3) is 66.4 Å². The van der Waals surface area contributed by atoms with Crippen LogP contribution in [0, 0.1) is 0 Å². The lowest BCUT2D eigenvalue weighted by Crippen LogP contribution is -2.61. The molecule has 0 saturated heterocycles. The summed E-state index contributed by atoms with van der Waals surface area (Å²) in [6, 6.07) is 93.6. The molecule has 0 N–H and O–H groups in total. The van der Waals surface area contributed by atoms with Crippen molar-refractivity contribution in [3.05, 3.63) is 261 Å². The summed E-state index contributed by atoms with van der Waals surface area (Å²) in [5.74, 6) is 1.40. The molecule has 0 saturated carbocycles. The largest absolute Gasteiger partial charge is 0.457 e. The molecule has 14 rings (SSSR count). The van der Waals surface area contributed by atoms with Gasteiger partial charge in [0, 0.05) is 74.0 Å². The first-order valence-corrected chi connectivity index (χ1v) is 24.3. The molecule has 0 atom stereocenters. The highest BCUT2D eigenvalue weighted by molar-refractivity contribution is 7.00. The van der Waals surface area contributed by atoms with Crippen LogP contribution in [-0.2, 0) is 0 Å². The molecule has 2 aliphatic rings. The van der Waals surface area contributed by atoms with Crippen LogP contribution in [0.5, 0.6) is 11.5 Å². The number of nitrogens with zero attached hydrogens (tertiary/aromatic N) is 2. The average Bonchev–Trinajstić information content (AvgIpc) is 3.81. The molecule has 71 heavy (non-hydrogen) atoms. The second-order valence-corrected chi connectivity index (χ2v) is 18.3. The zero-order chi connectivity index (χ0) is 46.8. The zero-order valence-corrected chi connectivity index (χ0v) is 38.6. The number of benzene rings is 11. The van der Waals surface area contributed by atoms with E-state index in [0.717, 1.165) is 101 Å². The Kier molecular flexibility index (Phi) is 9.59. The Hall–Kier alpha value is -9.32. The van der Waals surface area contributed by atoms with Crippen LogP contribution in [0.3, 0.4) is 0 Å². The summed E-state index contributed by atoms with van der Waals surface area (Å²) in [6.07, 6.45) is 0. The van der Waals surface area contributed by atoms with Gasteiger partial charge in [-0.05, 0) is 69.0 Å². The summed E-state index contributed by atoms with van der Waals surface area (Å²) < 4.78 is 13.7. The maximum atomic E-state index is 7.24. The van der Waals surface area contributed by atoms with Gasteiger partial charge in [-0.1, -0.05) is 212 Å². The zero-order valence-electron chi connectivity index (χ0n) is 38.6. The number of fused-ring (bicyclic) bond motifs is 7. The predicted octanol–water partition coefficient (Wildman–Crippen LogP) is 16.1. The standard InChI is InChI=1S/C66H43BN2O2/c1-5-21-44(22-6-1)50-30-19-31-51(45-23-7-2-8-24-45)65(50)68-58-36-16-14-34-56(58)67-57-35-15-17-37-59(57)69(66-52(46-25-9-3-10-26-46)32-20-33-53(66)47-27-11-4-12-28-47)61-42-49(41-60(68)64(61)67)70-48-39-40-55-54-29-13-18-38-62(54)71-63(55)43-48/h1-43H. The highest BCUT2D eigenvalue weighted by atomic mass is 16.5. The first-order chi connectivity index (χ1) is 35.2. The molecule has 0 radical (unpaired) electrons. The van der Waals surface area contributed by atoms with Crippen molar-refractivity contribution in [3.63, 3.8) is 0 Å². The van der Waals surface area contributed by atoms with Crippen molar-refractivity contribution in [2.75, 3.05) is 9.80 Å². The Morgan fingerprint density at radius 3 is 1.20 bits per heavy atom. The Bertz CT molecular complexity index is 3670. The first kappa shape index (κ1) is 40.7. The van der Waals surface area contributed by atoms with Gasteiger partial charge in [-0.3, -0.25) is 0 Å². The first-order valence-electron chi connectivity index (χ1n) is 24.3. The minimum Gasteiger partial charge on any atom is -0.457 e. The SMILES string of the molecule is c1ccc(-c2cccc(-c3ccccc3)c2N2c3ccccc3B3c4ccccc4N(c4c(-c5ccccc5)cccc4-c4ccccc4)c4cc(Oc5ccc6c(c5)oc5ccccc56)cc2c43)cc1. The van der Waals surface area contributed by atoms with Crippen LogP contribution in [-0.4, -0.2) is 6.71 Å². The Balaban J connectivity index is 1.10. The molecule has 0 fully saturated rings. The summed E-state index contributed by atoms with van der Waals surface area (Å²) in [5, 5.41) is 2.14. The fourth-order valence-electron chi connectivity index (χ4n) is 11.3. The highest BCUT2D eigenvalue weighted by Crippen LogP contribution is 2.53. The van der Waals surface area contributed by atoms with Crippen molar-refractivity contribution in [1.82, 2.24) is 0 Å². The van der Waals surface area contributed by atoms with Crippen LogP contribution in [0.2, 0.25) is 0 Å². The minimum absolute atomic E-state index is 0.103. The summed E-state index contributed by atoms with van der Waals surface area (Å²) in [4.78, 5) is 5.05. The third-order valence-corrected chi connectivity index (χ3v) is 14.3. The van der Waals surface area contributed by atoms with E-state index >= 15 is 0 Å². The van der Waals surface area contributed by atoms with E-state index in [4.69, 9.17) is 9.15 Å². The number of rotatable bonds is 8. The second-order valence-electron chi connectivity index (χ2n) is 18.3. The molecule has 3 heterocycles. The smallest absolute Gasteiger partial charge is 0.252 e. The molecule has 5 heteroatoms. The van der Waals surface area contributed by atoms with Gasteiger partial charge in [-0.15, -0.1) is 0 Å². The van der Waals surface area contributed by atoms with Gasteiger partial charge in [0.15, 0.2) is 0 Å². The lowest BCUT2D eigenvalue weighted by molar-refractivity contribution is 0.482. The third kappa shape index (κ3) is 6.69. The predicted molar refractivity (Wildman–Crippen MR) is 296 cm³/mol. The van der Waals surface area contributed by atoms with Gasteiger partial charge >= 0.3 is 0 Å². The van der Waals surface area contributed by atoms with Crippen molar-refractivity contribution in [3.8, 4) is 56.0 Å². The topological polar surface area (TPSA) is 28.9 Å². The molecule has 332 valence electrons. The van der Waals surface area contributed by atoms with Crippen LogP contribution in [0.1, 0.15) is 0 Å². The van der Waals surface area contributed by atoms with Crippen molar-refractivity contribution < 1.29 is 9.15 Å². The van der Waals surface area contributed by atoms with Crippen LogP contribution in [0.4, 0.5) is 34.1 Å². The number of para-hydroxylation sites is 5. The lowest BCUT2D eigenvalue weighted by Gasteiger charge is -2.45. The lowest BCUT2D eigenvalue weighted by atomic mass is 9.33. The molecule has 1 aromatic heterocycles. The fraction of sp³-hybridized carbons (Fsp3) is 0. The van der Waals surface area contributed by atoms with Gasteiger partial charge in [-0.2, -0.15) is 0 Å². The highest BCUT2D eigenvalue weighted by Gasteiger charge is 2.45. The second kappa shape index (κ2) is 16.7. The summed E-state index contributed by atoms with van der Waals surface area (Å²) in [5.41, 5.74) is 20.9. The molecule has 0 amide bonds. The summed E-state index contributed by atoms with van der Waals surface area (Å²) >= 11 is 0. The van der Waals surface area contributed by atoms with E-state index in [1.165, 1.54) is 16.4 Å².